The Morgan fingerprint density at radius 2 is 1.32 bits per heavy atom. The van der Waals surface area contributed by atoms with Crippen LogP contribution in [0.4, 0.5) is 5.69 Å². The number of aromatic carboxylic acids is 1. The van der Waals surface area contributed by atoms with Gasteiger partial charge in [-0.1, -0.05) is 112 Å². The normalized spacial score (nSPS) is 13.2. The van der Waals surface area contributed by atoms with Crippen molar-refractivity contribution in [3.05, 3.63) is 172 Å². The molecule has 14 heteroatoms. The van der Waals surface area contributed by atoms with Crippen molar-refractivity contribution in [3.8, 4) is 0 Å². The smallest absolute Gasteiger partial charge is 0.335 e. The Balaban J connectivity index is 1.24. The van der Waals surface area contributed by atoms with Crippen LogP contribution in [-0.2, 0) is 65.9 Å². The molecule has 0 spiro atoms. The number of aromatic nitrogens is 7. The van der Waals surface area contributed by atoms with Gasteiger partial charge in [0.25, 0.3) is 0 Å². The minimum Gasteiger partial charge on any atom is -0.478 e. The molecule has 14 nitrogen and oxygen atoms in total. The second-order valence-electron chi connectivity index (χ2n) is 19.6. The number of ether oxygens (including phenoxy) is 4. The predicted octanol–water partition coefficient (Wildman–Crippen LogP) is 9.33. The van der Waals surface area contributed by atoms with Crippen LogP contribution in [0.1, 0.15) is 96.4 Å². The highest BCUT2D eigenvalue weighted by Crippen LogP contribution is 2.36. The van der Waals surface area contributed by atoms with Crippen LogP contribution in [0.5, 0.6) is 0 Å². The Morgan fingerprint density at radius 3 is 1.95 bits per heavy atom. The number of benzene rings is 5. The third-order valence-electron chi connectivity index (χ3n) is 14.3. The van der Waals surface area contributed by atoms with Crippen molar-refractivity contribution in [2.24, 2.45) is 14.1 Å². The van der Waals surface area contributed by atoms with Gasteiger partial charge in [-0.25, -0.2) is 4.79 Å². The molecular weight excluding hydrogens is 953 g/mol. The zero-order valence-electron chi connectivity index (χ0n) is 45.1. The van der Waals surface area contributed by atoms with Gasteiger partial charge in [-0.05, 0) is 65.1 Å². The van der Waals surface area contributed by atoms with Crippen molar-refractivity contribution in [3.63, 3.8) is 0 Å². The van der Waals surface area contributed by atoms with E-state index in [1.54, 1.807) is 35.7 Å². The third-order valence-corrected chi connectivity index (χ3v) is 14.3. The SMILES string of the molecule is CCCCCn1/c(=C/C=C/C(=C/C=C/C2=[N+](CCCCC)c3cccc4cccc2c34)c2c(Cn3cc(COCCOC)[n+](C)n3)cc(C(=O)O)cc2Cn2cc(COCCOC)[n+](C)n2)c2cccc3cccc1c32. The summed E-state index contributed by atoms with van der Waals surface area (Å²) in [5, 5.41) is 27.9. The number of allylic oxidation sites excluding steroid dienone is 6. The molecule has 394 valence electrons. The lowest BCUT2D eigenvalue weighted by Gasteiger charge is -2.15. The molecule has 0 unspecified atom stereocenters. The number of nitrogens with zero attached hydrogens (tertiary/aromatic N) is 8. The molecule has 0 saturated carbocycles. The van der Waals surface area contributed by atoms with Crippen molar-refractivity contribution in [1.82, 2.24) is 24.4 Å². The molecule has 4 heterocycles. The van der Waals surface area contributed by atoms with E-state index < -0.39 is 5.97 Å². The van der Waals surface area contributed by atoms with E-state index in [1.807, 2.05) is 35.9 Å². The van der Waals surface area contributed by atoms with Gasteiger partial charge in [0.05, 0.1) is 53.4 Å². The van der Waals surface area contributed by atoms with Gasteiger partial charge < -0.3 is 28.6 Å². The molecule has 76 heavy (non-hydrogen) atoms. The van der Waals surface area contributed by atoms with Crippen molar-refractivity contribution in [2.45, 2.75) is 85.2 Å². The first kappa shape index (κ1) is 53.5. The molecule has 8 aromatic rings. The number of hydrogen-bond donors (Lipinski definition) is 1. The average molecular weight is 1030 g/mol. The summed E-state index contributed by atoms with van der Waals surface area (Å²) in [6.45, 7) is 9.39. The summed E-state index contributed by atoms with van der Waals surface area (Å²) >= 11 is 0. The maximum Gasteiger partial charge on any atom is 0.335 e. The monoisotopic (exact) mass is 1030 g/mol. The molecule has 0 fully saturated rings. The molecule has 0 saturated heterocycles. The number of carboxylic acid groups (broad SMARTS) is 1. The standard InChI is InChI=1S/C62H72N8O6/c1-7-9-11-31-69-55(53-25-13-19-46-23-17-29-57(69)60(46)53)27-15-21-45(22-16-28-56-54-26-14-20-47-24-18-30-58(61(47)54)70(56)32-12-10-8-2)59-49(39-67-41-51(65(3)63-67)43-75-35-33-73-5)37-48(62(71)72)38-50(59)40-68-42-52(66(4)64-68)44-76-36-34-74-6/h13-30,37-38,41-42H,7-12,31-36,39-40,43-44H2,1-6H3/q+2/p+1. The van der Waals surface area contributed by atoms with Gasteiger partial charge in [0, 0.05) is 72.1 Å². The topological polar surface area (TPSA) is 126 Å². The van der Waals surface area contributed by atoms with Gasteiger partial charge in [0.2, 0.25) is 11.4 Å². The van der Waals surface area contributed by atoms with E-state index in [9.17, 15) is 9.90 Å². The van der Waals surface area contributed by atoms with E-state index in [2.05, 4.69) is 132 Å². The van der Waals surface area contributed by atoms with Crippen LogP contribution in [0, 0.1) is 0 Å². The minimum absolute atomic E-state index is 0.170. The molecule has 1 N–H and O–H groups in total. The first-order chi connectivity index (χ1) is 37.2. The van der Waals surface area contributed by atoms with E-state index in [0.29, 0.717) is 39.6 Å². The van der Waals surface area contributed by atoms with Crippen LogP contribution in [0.25, 0.3) is 44.1 Å². The van der Waals surface area contributed by atoms with Crippen LogP contribution < -0.4 is 14.7 Å². The summed E-state index contributed by atoms with van der Waals surface area (Å²) in [5.74, 6) is -1.02. The van der Waals surface area contributed by atoms with Gasteiger partial charge in [0.1, 0.15) is 46.9 Å². The third kappa shape index (κ3) is 12.0. The van der Waals surface area contributed by atoms with Gasteiger partial charge >= 0.3 is 5.97 Å². The first-order valence-corrected chi connectivity index (χ1v) is 26.8. The van der Waals surface area contributed by atoms with Crippen molar-refractivity contribution >= 4 is 61.5 Å². The summed E-state index contributed by atoms with van der Waals surface area (Å²) in [7, 11) is 7.09. The molecule has 9 rings (SSSR count). The van der Waals surface area contributed by atoms with Crippen LogP contribution in [0.2, 0.25) is 0 Å². The summed E-state index contributed by atoms with van der Waals surface area (Å²) < 4.78 is 34.6. The highest BCUT2D eigenvalue weighted by molar-refractivity contribution is 6.19. The minimum atomic E-state index is -1.02. The van der Waals surface area contributed by atoms with Gasteiger partial charge in [-0.3, -0.25) is 0 Å². The van der Waals surface area contributed by atoms with Crippen LogP contribution in [0.3, 0.4) is 0 Å². The van der Waals surface area contributed by atoms with Crippen molar-refractivity contribution in [1.29, 1.82) is 0 Å². The summed E-state index contributed by atoms with van der Waals surface area (Å²) in [6, 6.07) is 29.9. The average Bonchev–Trinajstić information content (AvgIpc) is 4.20. The number of hydrogen-bond acceptors (Lipinski definition) is 7. The quantitative estimate of drug-likeness (QED) is 0.0293. The Bertz CT molecular complexity index is 3430. The maximum atomic E-state index is 13.2. The van der Waals surface area contributed by atoms with Crippen molar-refractivity contribution < 1.29 is 42.8 Å². The van der Waals surface area contributed by atoms with Crippen LogP contribution >= 0.6 is 0 Å². The molecule has 3 aromatic heterocycles. The fraction of sp³-hybridized carbons (Fsp3) is 0.355. The summed E-state index contributed by atoms with van der Waals surface area (Å²) in [4.78, 5) is 13.2. The Morgan fingerprint density at radius 1 is 0.711 bits per heavy atom. The molecular formula is C62H73N8O6+3. The largest absolute Gasteiger partial charge is 0.478 e. The van der Waals surface area contributed by atoms with E-state index >= 15 is 0 Å². The lowest BCUT2D eigenvalue weighted by Crippen LogP contribution is -2.36. The second-order valence-corrected chi connectivity index (χ2v) is 19.6. The number of aryl methyl sites for hydroxylation is 3. The van der Waals surface area contributed by atoms with E-state index in [-0.39, 0.29) is 18.7 Å². The molecule has 0 atom stereocenters. The predicted molar refractivity (Wildman–Crippen MR) is 299 cm³/mol. The van der Waals surface area contributed by atoms with Crippen LogP contribution in [-0.4, -0.2) is 92.9 Å². The molecule has 0 bridgehead atoms. The molecule has 5 aromatic carbocycles. The molecule has 1 aliphatic heterocycles. The second kappa shape index (κ2) is 25.5. The van der Waals surface area contributed by atoms with E-state index in [1.165, 1.54) is 43.7 Å². The zero-order chi connectivity index (χ0) is 53.0. The molecule has 0 amide bonds. The molecule has 1 aliphatic rings. The summed E-state index contributed by atoms with van der Waals surface area (Å²) in [5.41, 5.74) is 10.1. The van der Waals surface area contributed by atoms with Gasteiger partial charge in [-0.2, -0.15) is 4.58 Å². The Hall–Kier alpha value is -7.36. The van der Waals surface area contributed by atoms with Gasteiger partial charge in [0.15, 0.2) is 23.8 Å². The highest BCUT2D eigenvalue weighted by Gasteiger charge is 2.30. The zero-order valence-corrected chi connectivity index (χ0v) is 45.1. The number of rotatable bonds is 28. The maximum absolute atomic E-state index is 13.2. The lowest BCUT2D eigenvalue weighted by molar-refractivity contribution is -0.740. The van der Waals surface area contributed by atoms with Gasteiger partial charge in [-0.15, -0.1) is 18.7 Å². The van der Waals surface area contributed by atoms with E-state index in [4.69, 9.17) is 29.4 Å². The number of carbonyl (C=O) groups is 1. The lowest BCUT2D eigenvalue weighted by atomic mass is 9.90. The molecule has 0 radical (unpaired) electrons. The van der Waals surface area contributed by atoms with Crippen molar-refractivity contribution in [2.75, 3.05) is 47.2 Å². The molecule has 0 aliphatic carbocycles. The van der Waals surface area contributed by atoms with E-state index in [0.717, 1.165) is 96.3 Å². The Kier molecular flexibility index (Phi) is 17.9. The number of carboxylic acids is 1. The van der Waals surface area contributed by atoms with Crippen LogP contribution in [0.15, 0.2) is 128 Å². The Labute approximate surface area is 445 Å². The highest BCUT2D eigenvalue weighted by atomic mass is 16.5. The summed E-state index contributed by atoms with van der Waals surface area (Å²) in [6.07, 6.45) is 23.8. The fourth-order valence-corrected chi connectivity index (χ4v) is 10.6. The fourth-order valence-electron chi connectivity index (χ4n) is 10.6. The number of methoxy groups -OCH3 is 2. The first-order valence-electron chi connectivity index (χ1n) is 26.8. The number of unbranched alkanes of at least 4 members (excludes halogenated alkanes) is 4.